The van der Waals surface area contributed by atoms with Crippen molar-refractivity contribution in [2.75, 3.05) is 25.4 Å². The van der Waals surface area contributed by atoms with Crippen molar-refractivity contribution in [2.45, 2.75) is 30.5 Å². The summed E-state index contributed by atoms with van der Waals surface area (Å²) in [5.41, 5.74) is 4.15. The maximum atomic E-state index is 12.1. The quantitative estimate of drug-likeness (QED) is 0.0747. The Balaban J connectivity index is 0.000000363. The number of carbonyl (C=O) groups excluding carboxylic acids is 4. The van der Waals surface area contributed by atoms with Crippen LogP contribution in [0.15, 0.2) is 5.38 Å². The van der Waals surface area contributed by atoms with Gasteiger partial charge >= 0.3 is 22.4 Å². The minimum Gasteiger partial charge on any atom is -0.479 e. The highest BCUT2D eigenvalue weighted by molar-refractivity contribution is 7.84. The van der Waals surface area contributed by atoms with Crippen LogP contribution in [0.4, 0.5) is 9.93 Å². The van der Waals surface area contributed by atoms with E-state index >= 15 is 0 Å². The first kappa shape index (κ1) is 26.2. The van der Waals surface area contributed by atoms with E-state index in [0.29, 0.717) is 12.8 Å². The molecule has 1 saturated carbocycles. The van der Waals surface area contributed by atoms with E-state index in [-0.39, 0.29) is 34.8 Å². The predicted molar refractivity (Wildman–Crippen MR) is 113 cm³/mol. The summed E-state index contributed by atoms with van der Waals surface area (Å²) in [4.78, 5) is 66.8. The molecule has 1 aromatic heterocycles. The Labute approximate surface area is 200 Å². The highest BCUT2D eigenvalue weighted by atomic mass is 32.2. The molecule has 0 unspecified atom stereocenters. The normalized spacial score (nSPS) is 22.5. The number of nitrogens with zero attached hydrogens (tertiary/aromatic N) is 3. The molecule has 7 N–H and O–H groups in total. The third-order valence-electron chi connectivity index (χ3n) is 5.24. The number of carboxylic acid groups (broad SMARTS) is 1. The average molecular weight is 537 g/mol. The van der Waals surface area contributed by atoms with Crippen LogP contribution < -0.4 is 16.9 Å². The SMILES string of the molecule is NOC1(C(=O)O)CC1.Nc1nc(C(=O)C(=O)N[C@@H]2C(=O)N(S(=O)(=O)O)[C@@H]2CN2CCOC2=O)cs1. The molecule has 0 bridgehead atoms. The third kappa shape index (κ3) is 5.48. The fourth-order valence-electron chi connectivity index (χ4n) is 3.17. The molecule has 3 aliphatic rings. The molecule has 4 rings (SSSR count). The number of hydrogen-bond donors (Lipinski definition) is 5. The zero-order chi connectivity index (χ0) is 26.1. The van der Waals surface area contributed by atoms with Crippen LogP contribution in [0.2, 0.25) is 0 Å². The van der Waals surface area contributed by atoms with Gasteiger partial charge < -0.3 is 25.8 Å². The molecule has 1 aromatic rings. The van der Waals surface area contributed by atoms with Crippen LogP contribution in [0.5, 0.6) is 0 Å². The van der Waals surface area contributed by atoms with Crippen LogP contribution in [0.1, 0.15) is 23.3 Å². The van der Waals surface area contributed by atoms with Crippen LogP contribution in [0.3, 0.4) is 0 Å². The smallest absolute Gasteiger partial charge is 0.410 e. The molecule has 2 aliphatic heterocycles. The van der Waals surface area contributed by atoms with Crippen molar-refractivity contribution in [1.82, 2.24) is 19.5 Å². The van der Waals surface area contributed by atoms with Gasteiger partial charge in [-0.15, -0.1) is 11.3 Å². The Morgan fingerprint density at radius 3 is 2.40 bits per heavy atom. The number of β-lactam (4-membered cyclic amide) rings is 1. The molecular weight excluding hydrogens is 516 g/mol. The largest absolute Gasteiger partial charge is 0.479 e. The number of aliphatic carboxylic acids is 1. The molecule has 192 valence electrons. The number of carboxylic acids is 1. The van der Waals surface area contributed by atoms with E-state index in [0.717, 1.165) is 16.2 Å². The molecule has 3 amide bonds. The first-order chi connectivity index (χ1) is 16.3. The summed E-state index contributed by atoms with van der Waals surface area (Å²) in [5, 5.41) is 11.7. The van der Waals surface area contributed by atoms with Crippen molar-refractivity contribution in [3.05, 3.63) is 11.1 Å². The lowest BCUT2D eigenvalue weighted by atomic mass is 9.97. The lowest BCUT2D eigenvalue weighted by Gasteiger charge is -2.45. The number of aromatic nitrogens is 1. The Kier molecular flexibility index (Phi) is 7.26. The highest BCUT2D eigenvalue weighted by Crippen LogP contribution is 2.37. The van der Waals surface area contributed by atoms with E-state index in [2.05, 4.69) is 21.0 Å². The zero-order valence-corrected chi connectivity index (χ0v) is 19.3. The Hall–Kier alpha value is -3.39. The van der Waals surface area contributed by atoms with Gasteiger partial charge in [0, 0.05) is 11.9 Å². The average Bonchev–Trinajstić information content (AvgIpc) is 3.32. The number of thiazole rings is 1. The molecule has 0 radical (unpaired) electrons. The van der Waals surface area contributed by atoms with Crippen molar-refractivity contribution >= 4 is 56.4 Å². The van der Waals surface area contributed by atoms with Crippen LogP contribution in [0.25, 0.3) is 0 Å². The van der Waals surface area contributed by atoms with Gasteiger partial charge in [0.05, 0.1) is 12.6 Å². The monoisotopic (exact) mass is 536 g/mol. The minimum atomic E-state index is -4.92. The minimum absolute atomic E-state index is 0.0637. The van der Waals surface area contributed by atoms with Gasteiger partial charge in [0.2, 0.25) is 0 Å². The summed E-state index contributed by atoms with van der Waals surface area (Å²) < 4.78 is 36.8. The fourth-order valence-corrected chi connectivity index (χ4v) is 4.58. The molecule has 1 aliphatic carbocycles. The lowest BCUT2D eigenvalue weighted by molar-refractivity contribution is -0.154. The fraction of sp³-hybridized carbons (Fsp3) is 0.500. The summed E-state index contributed by atoms with van der Waals surface area (Å²) in [6, 6.07) is -2.73. The van der Waals surface area contributed by atoms with Crippen LogP contribution in [-0.2, 0) is 34.3 Å². The number of cyclic esters (lactones) is 1. The second kappa shape index (κ2) is 9.70. The van der Waals surface area contributed by atoms with E-state index in [4.69, 9.17) is 15.6 Å². The van der Waals surface area contributed by atoms with E-state index in [1.165, 1.54) is 5.38 Å². The van der Waals surface area contributed by atoms with Crippen molar-refractivity contribution in [1.29, 1.82) is 0 Å². The molecule has 17 nitrogen and oxygen atoms in total. The summed E-state index contributed by atoms with van der Waals surface area (Å²) >= 11 is 0.935. The molecule has 2 saturated heterocycles. The number of ketones is 1. The highest BCUT2D eigenvalue weighted by Gasteiger charge is 2.55. The number of rotatable bonds is 8. The number of Topliss-reactive ketones (excluding diaryl/α,β-unsaturated/α-hetero) is 1. The van der Waals surface area contributed by atoms with Crippen molar-refractivity contribution in [2.24, 2.45) is 5.90 Å². The van der Waals surface area contributed by atoms with Crippen LogP contribution >= 0.6 is 11.3 Å². The number of nitrogens with one attached hydrogen (secondary N) is 1. The maximum Gasteiger partial charge on any atom is 0.410 e. The molecule has 19 heteroatoms. The van der Waals surface area contributed by atoms with Gasteiger partial charge in [-0.3, -0.25) is 23.8 Å². The Morgan fingerprint density at radius 1 is 1.34 bits per heavy atom. The molecule has 35 heavy (non-hydrogen) atoms. The standard InChI is InChI=1S/C12H13N5O8S2.C4H7NO3/c13-11-14-5(4-26-11)8(18)9(19)15-7-6(3-16-1-2-25-12(16)21)17(10(7)20)27(22,23)24;5-8-4(1-2-4)3(6)7/h4,6-7H,1-3H2,(H2,13,14)(H,15,19)(H,22,23,24);1-2,5H2,(H,6,7)/t6-,7+;/m1./s1. The number of carbonyl (C=O) groups is 5. The molecule has 0 aromatic carbocycles. The molecule has 2 atom stereocenters. The van der Waals surface area contributed by atoms with E-state index in [9.17, 15) is 36.9 Å². The summed E-state index contributed by atoms with van der Waals surface area (Å²) in [6.45, 7) is -0.111. The number of anilines is 1. The predicted octanol–water partition coefficient (Wildman–Crippen LogP) is -2.65. The number of nitrogen functional groups attached to an aromatic ring is 1. The third-order valence-corrected chi connectivity index (χ3v) is 6.86. The second-order valence-corrected chi connectivity index (χ2v) is 9.69. The van der Waals surface area contributed by atoms with Gasteiger partial charge in [-0.1, -0.05) is 0 Å². The molecular formula is C16H20N6O11S2. The topological polar surface area (TPSA) is 262 Å². The maximum absolute atomic E-state index is 12.1. The second-order valence-electron chi connectivity index (χ2n) is 7.51. The zero-order valence-electron chi connectivity index (χ0n) is 17.6. The van der Waals surface area contributed by atoms with Gasteiger partial charge in [0.25, 0.3) is 17.6 Å². The summed E-state index contributed by atoms with van der Waals surface area (Å²) in [6.07, 6.45) is 0.348. The van der Waals surface area contributed by atoms with Gasteiger partial charge in [-0.25, -0.2) is 24.8 Å². The number of amides is 3. The Bertz CT molecular complexity index is 1160. The van der Waals surface area contributed by atoms with Crippen LogP contribution in [0, 0.1) is 0 Å². The number of ether oxygens (including phenoxy) is 1. The van der Waals surface area contributed by atoms with Gasteiger partial charge in [0.15, 0.2) is 10.7 Å². The van der Waals surface area contributed by atoms with Crippen molar-refractivity contribution in [3.8, 4) is 0 Å². The van der Waals surface area contributed by atoms with E-state index in [1.54, 1.807) is 0 Å². The van der Waals surface area contributed by atoms with Gasteiger partial charge in [0.1, 0.15) is 18.3 Å². The van der Waals surface area contributed by atoms with Crippen molar-refractivity contribution < 1.29 is 51.6 Å². The molecule has 0 spiro atoms. The molecule has 3 fully saturated rings. The molecule has 3 heterocycles. The first-order valence-electron chi connectivity index (χ1n) is 9.70. The summed E-state index contributed by atoms with van der Waals surface area (Å²) in [7, 11) is -4.92. The summed E-state index contributed by atoms with van der Waals surface area (Å²) in [5.74, 6) is 0.311. The van der Waals surface area contributed by atoms with E-state index < -0.39 is 57.6 Å². The van der Waals surface area contributed by atoms with Gasteiger partial charge in [-0.05, 0) is 12.8 Å². The number of nitrogens with two attached hydrogens (primary N) is 2. The van der Waals surface area contributed by atoms with E-state index in [1.807, 2.05) is 0 Å². The number of hydrogen-bond acceptors (Lipinski definition) is 13. The van der Waals surface area contributed by atoms with Gasteiger partial charge in [-0.2, -0.15) is 8.42 Å². The van der Waals surface area contributed by atoms with Crippen LogP contribution in [-0.4, -0.2) is 99.3 Å². The first-order valence-corrected chi connectivity index (χ1v) is 12.0. The Morgan fingerprint density at radius 2 is 2.00 bits per heavy atom. The van der Waals surface area contributed by atoms with Crippen molar-refractivity contribution in [3.63, 3.8) is 0 Å². The lowest BCUT2D eigenvalue weighted by Crippen LogP contribution is -2.74.